The van der Waals surface area contributed by atoms with Crippen LogP contribution in [0, 0.1) is 0 Å². The molecule has 0 aromatic heterocycles. The summed E-state index contributed by atoms with van der Waals surface area (Å²) in [6, 6.07) is 9.49. The van der Waals surface area contributed by atoms with Crippen LogP contribution in [0.25, 0.3) is 0 Å². The minimum Gasteiger partial charge on any atom is -0.310 e. The normalized spacial score (nSPS) is 13.7. The van der Waals surface area contributed by atoms with Crippen molar-refractivity contribution in [3.63, 3.8) is 0 Å². The summed E-state index contributed by atoms with van der Waals surface area (Å²) in [5.74, 6) is 0. The van der Waals surface area contributed by atoms with Gasteiger partial charge in [0.2, 0.25) is 0 Å². The van der Waals surface area contributed by atoms with Gasteiger partial charge in [-0.3, -0.25) is 0 Å². The maximum absolute atomic E-state index is 3.51. The van der Waals surface area contributed by atoms with Crippen LogP contribution in [0.4, 0.5) is 0 Å². The van der Waals surface area contributed by atoms with Crippen molar-refractivity contribution in [2.45, 2.75) is 56.7 Å². The van der Waals surface area contributed by atoms with E-state index in [9.17, 15) is 0 Å². The zero-order chi connectivity index (χ0) is 12.9. The van der Waals surface area contributed by atoms with E-state index in [4.69, 9.17) is 0 Å². The summed E-state index contributed by atoms with van der Waals surface area (Å²) in [5, 5.41) is 3.51. The molecule has 1 aromatic rings. The molecule has 1 rings (SSSR count). The van der Waals surface area contributed by atoms with Crippen LogP contribution in [0.3, 0.4) is 0 Å². The molecule has 0 aliphatic heterocycles. The maximum atomic E-state index is 3.51. The van der Waals surface area contributed by atoms with E-state index in [-0.39, 0.29) is 4.75 Å². The van der Waals surface area contributed by atoms with Crippen molar-refractivity contribution in [2.75, 3.05) is 6.54 Å². The van der Waals surface area contributed by atoms with Gasteiger partial charge in [0.05, 0.1) is 0 Å². The highest BCUT2D eigenvalue weighted by Gasteiger charge is 2.12. The Hall–Kier alpha value is -0.470. The third-order valence-electron chi connectivity index (χ3n) is 2.57. The lowest BCUT2D eigenvalue weighted by atomic mass is 10.0. The van der Waals surface area contributed by atoms with Crippen LogP contribution in [0.2, 0.25) is 0 Å². The first-order chi connectivity index (χ1) is 7.96. The van der Waals surface area contributed by atoms with E-state index in [0.717, 1.165) is 13.0 Å². The zero-order valence-electron chi connectivity index (χ0n) is 11.7. The van der Waals surface area contributed by atoms with Gasteiger partial charge in [0.25, 0.3) is 0 Å². The van der Waals surface area contributed by atoms with Crippen LogP contribution in [0.15, 0.2) is 29.2 Å². The number of benzene rings is 1. The number of hydrogen-bond acceptors (Lipinski definition) is 2. The Balaban J connectivity index is 2.73. The van der Waals surface area contributed by atoms with Gasteiger partial charge in [0, 0.05) is 15.7 Å². The summed E-state index contributed by atoms with van der Waals surface area (Å²) in [6.07, 6.45) is 1.14. The molecule has 1 N–H and O–H groups in total. The van der Waals surface area contributed by atoms with E-state index in [0.29, 0.717) is 6.04 Å². The van der Waals surface area contributed by atoms with Crippen molar-refractivity contribution in [1.29, 1.82) is 0 Å². The lowest BCUT2D eigenvalue weighted by Crippen LogP contribution is -2.19. The van der Waals surface area contributed by atoms with Crippen molar-refractivity contribution >= 4 is 11.8 Å². The van der Waals surface area contributed by atoms with Gasteiger partial charge < -0.3 is 5.32 Å². The van der Waals surface area contributed by atoms with E-state index in [2.05, 4.69) is 64.2 Å². The molecule has 0 amide bonds. The Morgan fingerprint density at radius 1 is 1.12 bits per heavy atom. The molecule has 0 aliphatic rings. The average molecular weight is 251 g/mol. The van der Waals surface area contributed by atoms with Gasteiger partial charge in [0.15, 0.2) is 0 Å². The fourth-order valence-electron chi connectivity index (χ4n) is 1.87. The lowest BCUT2D eigenvalue weighted by molar-refractivity contribution is 0.537. The summed E-state index contributed by atoms with van der Waals surface area (Å²) in [4.78, 5) is 1.35. The molecule has 0 bridgehead atoms. The topological polar surface area (TPSA) is 12.0 Å². The maximum Gasteiger partial charge on any atom is 0.0317 e. The third kappa shape index (κ3) is 5.13. The highest BCUT2D eigenvalue weighted by Crippen LogP contribution is 2.32. The van der Waals surface area contributed by atoms with Crippen molar-refractivity contribution in [1.82, 2.24) is 5.32 Å². The smallest absolute Gasteiger partial charge is 0.0317 e. The largest absolute Gasteiger partial charge is 0.310 e. The number of hydrogen-bond donors (Lipinski definition) is 1. The van der Waals surface area contributed by atoms with Crippen LogP contribution in [0.1, 0.15) is 52.6 Å². The molecule has 17 heavy (non-hydrogen) atoms. The van der Waals surface area contributed by atoms with Crippen LogP contribution in [-0.4, -0.2) is 11.3 Å². The van der Waals surface area contributed by atoms with Gasteiger partial charge in [-0.05, 0) is 30.7 Å². The van der Waals surface area contributed by atoms with E-state index < -0.39 is 0 Å². The van der Waals surface area contributed by atoms with Crippen molar-refractivity contribution in [3.05, 3.63) is 29.8 Å². The fourth-order valence-corrected chi connectivity index (χ4v) is 2.85. The Bertz CT molecular complexity index is 324. The zero-order valence-corrected chi connectivity index (χ0v) is 12.5. The molecule has 1 nitrogen and oxygen atoms in total. The van der Waals surface area contributed by atoms with Gasteiger partial charge in [-0.25, -0.2) is 0 Å². The van der Waals surface area contributed by atoms with Gasteiger partial charge in [-0.1, -0.05) is 46.8 Å². The summed E-state index contributed by atoms with van der Waals surface area (Å²) >= 11 is 1.92. The molecule has 0 spiro atoms. The molecule has 0 fully saturated rings. The first-order valence-corrected chi connectivity index (χ1v) is 7.30. The van der Waals surface area contributed by atoms with E-state index in [1.807, 2.05) is 11.8 Å². The predicted octanol–water partition coefficient (Wildman–Crippen LogP) is 4.64. The standard InChI is InChI=1S/C15H25NS/c1-6-14(16-7-2)12-8-10-13(11-9-12)17-15(3,4)5/h8-11,14,16H,6-7H2,1-5H3. The first kappa shape index (κ1) is 14.6. The monoisotopic (exact) mass is 251 g/mol. The summed E-state index contributed by atoms with van der Waals surface area (Å²) in [7, 11) is 0. The number of nitrogens with one attached hydrogen (secondary N) is 1. The quantitative estimate of drug-likeness (QED) is 0.765. The molecular weight excluding hydrogens is 226 g/mol. The molecule has 1 aromatic carbocycles. The average Bonchev–Trinajstić information content (AvgIpc) is 2.25. The Morgan fingerprint density at radius 2 is 1.71 bits per heavy atom. The molecule has 2 heteroatoms. The highest BCUT2D eigenvalue weighted by molar-refractivity contribution is 8.00. The molecular formula is C15H25NS. The third-order valence-corrected chi connectivity index (χ3v) is 3.69. The van der Waals surface area contributed by atoms with Crippen LogP contribution >= 0.6 is 11.8 Å². The summed E-state index contributed by atoms with van der Waals surface area (Å²) in [6.45, 7) is 12.2. The molecule has 1 unspecified atom stereocenters. The van der Waals surface area contributed by atoms with Crippen LogP contribution < -0.4 is 5.32 Å². The van der Waals surface area contributed by atoms with E-state index in [1.54, 1.807) is 0 Å². The fraction of sp³-hybridized carbons (Fsp3) is 0.600. The van der Waals surface area contributed by atoms with Crippen molar-refractivity contribution in [2.24, 2.45) is 0 Å². The number of thioether (sulfide) groups is 1. The molecule has 0 radical (unpaired) electrons. The van der Waals surface area contributed by atoms with Crippen molar-refractivity contribution in [3.8, 4) is 0 Å². The summed E-state index contributed by atoms with van der Waals surface area (Å²) in [5.41, 5.74) is 1.40. The Kier molecular flexibility index (Phi) is 5.54. The first-order valence-electron chi connectivity index (χ1n) is 6.48. The van der Waals surface area contributed by atoms with Gasteiger partial charge in [0.1, 0.15) is 0 Å². The Labute approximate surface area is 110 Å². The molecule has 1 atom stereocenters. The van der Waals surface area contributed by atoms with Gasteiger partial charge in [-0.15, -0.1) is 11.8 Å². The van der Waals surface area contributed by atoms with Crippen LogP contribution in [0.5, 0.6) is 0 Å². The summed E-state index contributed by atoms with van der Waals surface area (Å²) < 4.78 is 0.285. The predicted molar refractivity (Wildman–Crippen MR) is 78.8 cm³/mol. The lowest BCUT2D eigenvalue weighted by Gasteiger charge is -2.19. The van der Waals surface area contributed by atoms with Gasteiger partial charge >= 0.3 is 0 Å². The SMILES string of the molecule is CCNC(CC)c1ccc(SC(C)(C)C)cc1. The van der Waals surface area contributed by atoms with Crippen LogP contribution in [-0.2, 0) is 0 Å². The molecule has 0 heterocycles. The van der Waals surface area contributed by atoms with E-state index in [1.165, 1.54) is 10.5 Å². The second-order valence-corrected chi connectivity index (χ2v) is 7.20. The highest BCUT2D eigenvalue weighted by atomic mass is 32.2. The number of rotatable bonds is 5. The molecule has 0 saturated heterocycles. The van der Waals surface area contributed by atoms with Gasteiger partial charge in [-0.2, -0.15) is 0 Å². The molecule has 0 aliphatic carbocycles. The molecule has 96 valence electrons. The molecule has 0 saturated carbocycles. The second-order valence-electron chi connectivity index (χ2n) is 5.30. The van der Waals surface area contributed by atoms with Crippen molar-refractivity contribution < 1.29 is 0 Å². The Morgan fingerprint density at radius 3 is 2.12 bits per heavy atom. The second kappa shape index (κ2) is 6.46. The minimum absolute atomic E-state index is 0.285. The minimum atomic E-state index is 0.285. The van der Waals surface area contributed by atoms with E-state index >= 15 is 0 Å².